The second kappa shape index (κ2) is 10.1. The summed E-state index contributed by atoms with van der Waals surface area (Å²) < 4.78 is 44.5. The molecule has 1 atom stereocenters. The van der Waals surface area contributed by atoms with Crippen molar-refractivity contribution in [3.63, 3.8) is 0 Å². The van der Waals surface area contributed by atoms with Crippen LogP contribution in [-0.2, 0) is 15.4 Å². The molecule has 3 N–H and O–H groups in total. The Hall–Kier alpha value is -2.40. The highest BCUT2D eigenvalue weighted by Crippen LogP contribution is 2.42. The Morgan fingerprint density at radius 1 is 1.16 bits per heavy atom. The third kappa shape index (κ3) is 5.04. The summed E-state index contributed by atoms with van der Waals surface area (Å²) >= 11 is 7.74. The van der Waals surface area contributed by atoms with Gasteiger partial charge in [0.05, 0.1) is 30.2 Å². The first kappa shape index (κ1) is 26.2. The number of halogens is 2. The molecule has 6 nitrogen and oxygen atoms in total. The van der Waals surface area contributed by atoms with Gasteiger partial charge in [0.1, 0.15) is 5.82 Å². The fourth-order valence-corrected chi connectivity index (χ4v) is 7.41. The molecule has 0 saturated heterocycles. The van der Waals surface area contributed by atoms with E-state index >= 15 is 4.39 Å². The van der Waals surface area contributed by atoms with Crippen molar-refractivity contribution >= 4 is 43.0 Å². The van der Waals surface area contributed by atoms with Gasteiger partial charge in [-0.15, -0.1) is 11.3 Å². The zero-order chi connectivity index (χ0) is 26.4. The number of sulfonamides is 1. The number of nitrogens with one attached hydrogen (secondary N) is 1. The number of aromatic nitrogens is 1. The number of fused-ring (bicyclic) bond motifs is 1. The standard InChI is InChI=1S/C27H26ClFN2O4S2/c1-27(14-32,15-33)17-10-11-30-22(13-17)19-5-2-4-16-12-23(36-26(16)19)25(31-37(34,35)18-8-9-18)24-20(28)6-3-7-21(24)29/h2-7,10-13,18,25,31-33H,8-9,14-15H2,1H3. The molecular weight excluding hydrogens is 535 g/mol. The zero-order valence-corrected chi connectivity index (χ0v) is 22.4. The second-order valence-electron chi connectivity index (χ2n) is 9.61. The SMILES string of the molecule is CC(CO)(CO)c1ccnc(-c2cccc3cc(C(NS(=O)(=O)C4CC4)c4c(F)cccc4Cl)sc23)c1. The van der Waals surface area contributed by atoms with Gasteiger partial charge in [-0.05, 0) is 54.1 Å². The first-order chi connectivity index (χ1) is 17.7. The maximum Gasteiger partial charge on any atom is 0.215 e. The van der Waals surface area contributed by atoms with Crippen molar-refractivity contribution in [2.45, 2.75) is 36.5 Å². The Labute approximate surface area is 223 Å². The lowest BCUT2D eigenvalue weighted by atomic mass is 9.84. The molecule has 0 spiro atoms. The number of pyridine rings is 1. The van der Waals surface area contributed by atoms with E-state index in [1.165, 1.54) is 23.5 Å². The number of thiophene rings is 1. The monoisotopic (exact) mass is 560 g/mol. The topological polar surface area (TPSA) is 99.5 Å². The summed E-state index contributed by atoms with van der Waals surface area (Å²) in [4.78, 5) is 5.13. The molecule has 1 aliphatic carbocycles. The van der Waals surface area contributed by atoms with Crippen molar-refractivity contribution < 1.29 is 23.0 Å². The summed E-state index contributed by atoms with van der Waals surface area (Å²) in [6.45, 7) is 1.31. The van der Waals surface area contributed by atoms with Crippen LogP contribution in [0.1, 0.15) is 41.8 Å². The van der Waals surface area contributed by atoms with Crippen LogP contribution in [0.25, 0.3) is 21.3 Å². The lowest BCUT2D eigenvalue weighted by Crippen LogP contribution is -2.32. The molecule has 194 valence electrons. The molecule has 0 bridgehead atoms. The van der Waals surface area contributed by atoms with Gasteiger partial charge in [0.15, 0.2) is 0 Å². The summed E-state index contributed by atoms with van der Waals surface area (Å²) in [5, 5.41) is 20.2. The van der Waals surface area contributed by atoms with E-state index < -0.39 is 32.5 Å². The van der Waals surface area contributed by atoms with Gasteiger partial charge in [-0.1, -0.05) is 42.8 Å². The molecule has 1 fully saturated rings. The maximum absolute atomic E-state index is 15.0. The number of aliphatic hydroxyl groups excluding tert-OH is 2. The molecule has 2 aromatic heterocycles. The summed E-state index contributed by atoms with van der Waals surface area (Å²) in [6.07, 6.45) is 2.78. The largest absolute Gasteiger partial charge is 0.395 e. The predicted octanol–water partition coefficient (Wildman–Crippen LogP) is 5.17. The summed E-state index contributed by atoms with van der Waals surface area (Å²) in [5.41, 5.74) is 1.44. The van der Waals surface area contributed by atoms with Crippen LogP contribution in [0.3, 0.4) is 0 Å². The van der Waals surface area contributed by atoms with E-state index in [0.29, 0.717) is 23.4 Å². The van der Waals surface area contributed by atoms with Crippen molar-refractivity contribution in [3.8, 4) is 11.3 Å². The molecule has 0 aliphatic heterocycles. The van der Waals surface area contributed by atoms with Crippen LogP contribution >= 0.6 is 22.9 Å². The van der Waals surface area contributed by atoms with E-state index in [-0.39, 0.29) is 23.8 Å². The van der Waals surface area contributed by atoms with E-state index in [4.69, 9.17) is 11.6 Å². The molecule has 5 rings (SSSR count). The number of benzene rings is 2. The fraction of sp³-hybridized carbons (Fsp3) is 0.296. The van der Waals surface area contributed by atoms with Gasteiger partial charge in [-0.2, -0.15) is 0 Å². The van der Waals surface area contributed by atoms with E-state index in [1.54, 1.807) is 25.3 Å². The Morgan fingerprint density at radius 2 is 1.89 bits per heavy atom. The van der Waals surface area contributed by atoms with Crippen molar-refractivity contribution in [1.29, 1.82) is 0 Å². The van der Waals surface area contributed by atoms with Crippen molar-refractivity contribution in [2.24, 2.45) is 0 Å². The average molecular weight is 561 g/mol. The predicted molar refractivity (Wildman–Crippen MR) is 145 cm³/mol. The van der Waals surface area contributed by atoms with Gasteiger partial charge >= 0.3 is 0 Å². The van der Waals surface area contributed by atoms with E-state index in [2.05, 4.69) is 9.71 Å². The van der Waals surface area contributed by atoms with Crippen molar-refractivity contribution in [3.05, 3.63) is 87.6 Å². The minimum Gasteiger partial charge on any atom is -0.395 e. The number of hydrogen-bond acceptors (Lipinski definition) is 6. The molecule has 1 aliphatic rings. The van der Waals surface area contributed by atoms with Crippen LogP contribution in [0.5, 0.6) is 0 Å². The third-order valence-corrected chi connectivity index (χ3v) is 10.3. The summed E-state index contributed by atoms with van der Waals surface area (Å²) in [6, 6.07) is 14.4. The van der Waals surface area contributed by atoms with Gasteiger partial charge in [-0.3, -0.25) is 4.98 Å². The number of rotatable bonds is 9. The Kier molecular flexibility index (Phi) is 7.12. The van der Waals surface area contributed by atoms with Gasteiger partial charge in [0.25, 0.3) is 0 Å². The average Bonchev–Trinajstić information content (AvgIpc) is 3.67. The first-order valence-electron chi connectivity index (χ1n) is 11.8. The van der Waals surface area contributed by atoms with Crippen LogP contribution in [0.15, 0.2) is 60.8 Å². The lowest BCUT2D eigenvalue weighted by molar-refractivity contribution is 0.129. The van der Waals surface area contributed by atoms with Crippen LogP contribution < -0.4 is 4.72 Å². The van der Waals surface area contributed by atoms with Crippen LogP contribution in [0.2, 0.25) is 5.02 Å². The Morgan fingerprint density at radius 3 is 2.57 bits per heavy atom. The van der Waals surface area contributed by atoms with Gasteiger partial charge in [0.2, 0.25) is 10.0 Å². The molecule has 2 aromatic carbocycles. The lowest BCUT2D eigenvalue weighted by Gasteiger charge is -2.25. The minimum absolute atomic E-state index is 0.0864. The molecular formula is C27H26ClFN2O4S2. The molecule has 10 heteroatoms. The van der Waals surface area contributed by atoms with Crippen molar-refractivity contribution in [2.75, 3.05) is 13.2 Å². The minimum atomic E-state index is -3.67. The third-order valence-electron chi connectivity index (χ3n) is 6.81. The molecule has 1 saturated carbocycles. The number of hydrogen-bond donors (Lipinski definition) is 3. The molecule has 4 aromatic rings. The first-order valence-corrected chi connectivity index (χ1v) is 14.6. The van der Waals surface area contributed by atoms with E-state index in [0.717, 1.165) is 21.2 Å². The van der Waals surface area contributed by atoms with Gasteiger partial charge in [0, 0.05) is 37.3 Å². The van der Waals surface area contributed by atoms with Crippen LogP contribution in [0.4, 0.5) is 4.39 Å². The fourth-order valence-electron chi connectivity index (χ4n) is 4.30. The Bertz CT molecular complexity index is 1550. The quantitative estimate of drug-likeness (QED) is 0.262. The molecule has 0 radical (unpaired) electrons. The molecule has 37 heavy (non-hydrogen) atoms. The van der Waals surface area contributed by atoms with Gasteiger partial charge in [-0.25, -0.2) is 17.5 Å². The number of nitrogens with zero attached hydrogens (tertiary/aromatic N) is 1. The highest BCUT2D eigenvalue weighted by atomic mass is 35.5. The molecule has 2 heterocycles. The van der Waals surface area contributed by atoms with Crippen LogP contribution in [-0.4, -0.2) is 42.1 Å². The van der Waals surface area contributed by atoms with E-state index in [1.807, 2.05) is 30.3 Å². The number of aliphatic hydroxyl groups is 2. The van der Waals surface area contributed by atoms with Crippen LogP contribution in [0, 0.1) is 5.82 Å². The maximum atomic E-state index is 15.0. The molecule has 1 unspecified atom stereocenters. The smallest absolute Gasteiger partial charge is 0.215 e. The highest BCUT2D eigenvalue weighted by Gasteiger charge is 2.39. The normalized spacial score (nSPS) is 15.3. The highest BCUT2D eigenvalue weighted by molar-refractivity contribution is 7.90. The van der Waals surface area contributed by atoms with Crippen molar-refractivity contribution in [1.82, 2.24) is 9.71 Å². The van der Waals surface area contributed by atoms with E-state index in [9.17, 15) is 18.6 Å². The summed E-state index contributed by atoms with van der Waals surface area (Å²) in [7, 11) is -3.67. The second-order valence-corrected chi connectivity index (χ2v) is 13.1. The Balaban J connectivity index is 1.64. The molecule has 0 amide bonds. The zero-order valence-electron chi connectivity index (χ0n) is 20.0. The summed E-state index contributed by atoms with van der Waals surface area (Å²) in [5.74, 6) is -0.588. The van der Waals surface area contributed by atoms with Gasteiger partial charge < -0.3 is 10.2 Å².